The minimum atomic E-state index is -0.723. The number of methoxy groups -OCH3 is 3. The van der Waals surface area contributed by atoms with Crippen LogP contribution in [0, 0.1) is 12.8 Å². The Morgan fingerprint density at radius 2 is 1.76 bits per heavy atom. The molecule has 0 aliphatic heterocycles. The minimum absolute atomic E-state index is 0.151. The number of nitrogens with zero attached hydrogens (tertiary/aromatic N) is 2. The molecule has 0 radical (unpaired) electrons. The number of ether oxygens (including phenoxy) is 3. The zero-order chi connectivity index (χ0) is 30.7. The van der Waals surface area contributed by atoms with Crippen LogP contribution in [0.25, 0.3) is 11.1 Å². The first kappa shape index (κ1) is 30.4. The Kier molecular flexibility index (Phi) is 9.08. The van der Waals surface area contributed by atoms with Crippen molar-refractivity contribution < 1.29 is 23.8 Å². The summed E-state index contributed by atoms with van der Waals surface area (Å²) >= 11 is 0. The molecule has 42 heavy (non-hydrogen) atoms. The second-order valence-electron chi connectivity index (χ2n) is 10.7. The third-order valence-corrected chi connectivity index (χ3v) is 7.54. The number of aromatic nitrogens is 2. The van der Waals surface area contributed by atoms with Crippen LogP contribution in [-0.2, 0) is 23.1 Å². The molecule has 2 aromatic carbocycles. The van der Waals surface area contributed by atoms with Crippen LogP contribution in [0.5, 0.6) is 17.2 Å². The van der Waals surface area contributed by atoms with Gasteiger partial charge in [0.2, 0.25) is 23.0 Å². The number of rotatable bonds is 9. The summed E-state index contributed by atoms with van der Waals surface area (Å²) in [5, 5.41) is 13.3. The van der Waals surface area contributed by atoms with Crippen LogP contribution in [0.1, 0.15) is 50.1 Å². The Balaban J connectivity index is 1.85. The summed E-state index contributed by atoms with van der Waals surface area (Å²) in [5.74, 6) is 1.18. The SMILES string of the molecule is COc1cc2c(c(OC)c1OC)-c1ccc(N[C@@H](C(=O)Nc3cc(C)n(C)n3)C(C)C)c(=O)cc1[C@@H](NC(C)=O)CC2. The van der Waals surface area contributed by atoms with Gasteiger partial charge in [-0.3, -0.25) is 19.1 Å². The van der Waals surface area contributed by atoms with Crippen LogP contribution in [0.15, 0.2) is 35.1 Å². The van der Waals surface area contributed by atoms with Gasteiger partial charge in [0.25, 0.3) is 0 Å². The lowest BCUT2D eigenvalue weighted by Crippen LogP contribution is -2.40. The molecule has 3 N–H and O–H groups in total. The van der Waals surface area contributed by atoms with Gasteiger partial charge >= 0.3 is 0 Å². The molecule has 1 aromatic heterocycles. The van der Waals surface area contributed by atoms with Gasteiger partial charge in [-0.2, -0.15) is 5.10 Å². The largest absolute Gasteiger partial charge is 0.493 e. The average Bonchev–Trinajstić information content (AvgIpc) is 3.08. The van der Waals surface area contributed by atoms with Crippen molar-refractivity contribution in [1.29, 1.82) is 0 Å². The second kappa shape index (κ2) is 12.5. The molecular weight excluding hydrogens is 538 g/mol. The van der Waals surface area contributed by atoms with E-state index in [-0.39, 0.29) is 28.8 Å². The summed E-state index contributed by atoms with van der Waals surface area (Å²) in [6.45, 7) is 7.15. The Morgan fingerprint density at radius 1 is 1.05 bits per heavy atom. The number of amides is 2. The number of carbonyl (C=O) groups is 2. The number of hydrogen-bond donors (Lipinski definition) is 3. The number of carbonyl (C=O) groups excluding carboxylic acids is 2. The fraction of sp³-hybridized carbons (Fsp3) is 0.419. The predicted molar refractivity (Wildman–Crippen MR) is 162 cm³/mol. The average molecular weight is 578 g/mol. The monoisotopic (exact) mass is 577 g/mol. The number of anilines is 2. The minimum Gasteiger partial charge on any atom is -0.493 e. The first-order valence-corrected chi connectivity index (χ1v) is 13.8. The first-order valence-electron chi connectivity index (χ1n) is 13.8. The zero-order valence-corrected chi connectivity index (χ0v) is 25.4. The van der Waals surface area contributed by atoms with E-state index in [0.717, 1.165) is 16.8 Å². The molecule has 0 fully saturated rings. The first-order chi connectivity index (χ1) is 20.0. The van der Waals surface area contributed by atoms with Crippen molar-refractivity contribution in [3.8, 4) is 28.4 Å². The molecule has 4 rings (SSSR count). The Bertz CT molecular complexity index is 1540. The van der Waals surface area contributed by atoms with Gasteiger partial charge in [-0.25, -0.2) is 0 Å². The van der Waals surface area contributed by atoms with E-state index in [4.69, 9.17) is 14.2 Å². The van der Waals surface area contributed by atoms with Gasteiger partial charge in [-0.15, -0.1) is 0 Å². The Labute approximate surface area is 245 Å². The van der Waals surface area contributed by atoms with Crippen molar-refractivity contribution in [2.24, 2.45) is 13.0 Å². The highest BCUT2D eigenvalue weighted by Gasteiger charge is 2.30. The lowest BCUT2D eigenvalue weighted by atomic mass is 9.95. The maximum absolute atomic E-state index is 13.7. The van der Waals surface area contributed by atoms with E-state index in [1.165, 1.54) is 20.1 Å². The summed E-state index contributed by atoms with van der Waals surface area (Å²) in [6, 6.07) is 7.55. The van der Waals surface area contributed by atoms with Crippen molar-refractivity contribution in [3.05, 3.63) is 57.4 Å². The van der Waals surface area contributed by atoms with Crippen LogP contribution in [-0.4, -0.2) is 49.0 Å². The lowest BCUT2D eigenvalue weighted by Gasteiger charge is -2.21. The summed E-state index contributed by atoms with van der Waals surface area (Å²) < 4.78 is 18.8. The van der Waals surface area contributed by atoms with Gasteiger partial charge in [-0.1, -0.05) is 19.9 Å². The quantitative estimate of drug-likeness (QED) is 0.348. The number of hydrogen-bond acceptors (Lipinski definition) is 8. The highest BCUT2D eigenvalue weighted by Crippen LogP contribution is 2.50. The van der Waals surface area contributed by atoms with Crippen molar-refractivity contribution in [3.63, 3.8) is 0 Å². The van der Waals surface area contributed by atoms with Crippen molar-refractivity contribution in [1.82, 2.24) is 15.1 Å². The van der Waals surface area contributed by atoms with Crippen molar-refractivity contribution in [2.45, 2.75) is 52.6 Å². The standard InChI is InChI=1S/C31H39N5O6/c1-16(2)28(31(39)34-26-13-17(3)36(5)35-26)33-23-12-10-20-21(15-24(23)38)22(32-18(4)37)11-9-19-14-25(40-6)29(41-7)30(42-8)27(19)20/h10,12-16,22,28H,9,11H2,1-8H3,(H,32,37)(H,33,38)(H,34,35,39)/t22-,28+/m0/s1. The Hall–Kier alpha value is -4.54. The molecule has 1 aliphatic carbocycles. The molecule has 0 saturated heterocycles. The smallest absolute Gasteiger partial charge is 0.248 e. The van der Waals surface area contributed by atoms with E-state index in [9.17, 15) is 14.4 Å². The molecule has 0 bridgehead atoms. The summed E-state index contributed by atoms with van der Waals surface area (Å²) in [6.07, 6.45) is 1.14. The molecule has 224 valence electrons. The molecule has 11 heteroatoms. The topological polar surface area (TPSA) is 133 Å². The lowest BCUT2D eigenvalue weighted by molar-refractivity contribution is -0.120. The van der Waals surface area contributed by atoms with E-state index in [1.807, 2.05) is 32.9 Å². The predicted octanol–water partition coefficient (Wildman–Crippen LogP) is 3.98. The maximum Gasteiger partial charge on any atom is 0.248 e. The van der Waals surface area contributed by atoms with Gasteiger partial charge in [0.15, 0.2) is 17.3 Å². The third kappa shape index (κ3) is 6.05. The van der Waals surface area contributed by atoms with Gasteiger partial charge in [0.1, 0.15) is 6.04 Å². The third-order valence-electron chi connectivity index (χ3n) is 7.54. The van der Waals surface area contributed by atoms with Crippen LogP contribution in [0.2, 0.25) is 0 Å². The summed E-state index contributed by atoms with van der Waals surface area (Å²) in [5.41, 5.74) is 3.86. The van der Waals surface area contributed by atoms with Gasteiger partial charge in [-0.05, 0) is 60.6 Å². The van der Waals surface area contributed by atoms with E-state index in [0.29, 0.717) is 47.0 Å². The van der Waals surface area contributed by atoms with E-state index >= 15 is 0 Å². The zero-order valence-electron chi connectivity index (χ0n) is 25.4. The fourth-order valence-electron chi connectivity index (χ4n) is 5.36. The molecule has 2 amide bonds. The molecular formula is C31H39N5O6. The summed E-state index contributed by atoms with van der Waals surface area (Å²) in [7, 11) is 6.45. The highest BCUT2D eigenvalue weighted by atomic mass is 16.5. The number of nitrogens with one attached hydrogen (secondary N) is 3. The van der Waals surface area contributed by atoms with Crippen molar-refractivity contribution >= 4 is 23.3 Å². The van der Waals surface area contributed by atoms with Crippen LogP contribution >= 0.6 is 0 Å². The number of benzene rings is 1. The van der Waals surface area contributed by atoms with E-state index < -0.39 is 12.1 Å². The van der Waals surface area contributed by atoms with E-state index in [2.05, 4.69) is 21.0 Å². The molecule has 3 aromatic rings. The second-order valence-corrected chi connectivity index (χ2v) is 10.7. The van der Waals surface area contributed by atoms with Crippen molar-refractivity contribution in [2.75, 3.05) is 32.0 Å². The van der Waals surface area contributed by atoms with Crippen LogP contribution < -0.4 is 35.6 Å². The normalized spacial score (nSPS) is 14.6. The fourth-order valence-corrected chi connectivity index (χ4v) is 5.36. The molecule has 0 spiro atoms. The van der Waals surface area contributed by atoms with Crippen LogP contribution in [0.3, 0.4) is 0 Å². The molecule has 11 nitrogen and oxygen atoms in total. The van der Waals surface area contributed by atoms with Gasteiger partial charge in [0.05, 0.1) is 33.1 Å². The summed E-state index contributed by atoms with van der Waals surface area (Å²) in [4.78, 5) is 39.2. The highest BCUT2D eigenvalue weighted by molar-refractivity contribution is 5.96. The number of aryl methyl sites for hydroxylation is 3. The maximum atomic E-state index is 13.7. The molecule has 2 atom stereocenters. The van der Waals surface area contributed by atoms with Gasteiger partial charge in [0, 0.05) is 31.3 Å². The van der Waals surface area contributed by atoms with Crippen LogP contribution in [0.4, 0.5) is 11.5 Å². The molecule has 1 aliphatic rings. The number of fused-ring (bicyclic) bond motifs is 3. The Morgan fingerprint density at radius 3 is 2.33 bits per heavy atom. The molecule has 0 unspecified atom stereocenters. The van der Waals surface area contributed by atoms with Gasteiger partial charge < -0.3 is 30.2 Å². The van der Waals surface area contributed by atoms with E-state index in [1.54, 1.807) is 38.1 Å². The molecule has 0 saturated carbocycles. The molecule has 1 heterocycles.